The molecule has 2 rings (SSSR count). The Kier molecular flexibility index (Phi) is 4.88. The van der Waals surface area contributed by atoms with Crippen LogP contribution < -0.4 is 10.1 Å². The first kappa shape index (κ1) is 15.8. The lowest BCUT2D eigenvalue weighted by Crippen LogP contribution is -2.22. The third-order valence-electron chi connectivity index (χ3n) is 3.88. The van der Waals surface area contributed by atoms with E-state index in [1.165, 1.54) is 0 Å². The van der Waals surface area contributed by atoms with Crippen molar-refractivity contribution in [2.75, 3.05) is 12.4 Å². The van der Waals surface area contributed by atoms with Crippen molar-refractivity contribution in [3.05, 3.63) is 22.2 Å². The number of amides is 1. The number of ether oxygens (including phenoxy) is 1. The van der Waals surface area contributed by atoms with Crippen LogP contribution in [0, 0.1) is 18.8 Å². The van der Waals surface area contributed by atoms with E-state index < -0.39 is 11.9 Å². The number of benzene rings is 1. The summed E-state index contributed by atoms with van der Waals surface area (Å²) in [6.45, 7) is 1.89. The zero-order chi connectivity index (χ0) is 15.6. The van der Waals surface area contributed by atoms with Crippen LogP contribution in [-0.4, -0.2) is 24.1 Å². The molecule has 0 heterocycles. The van der Waals surface area contributed by atoms with Gasteiger partial charge in [-0.25, -0.2) is 0 Å². The molecule has 0 spiro atoms. The number of aliphatic carboxylic acids is 1. The molecular weight excluding hydrogens is 338 g/mol. The Morgan fingerprint density at radius 2 is 2.00 bits per heavy atom. The van der Waals surface area contributed by atoms with Crippen LogP contribution in [0.5, 0.6) is 5.75 Å². The first-order valence-corrected chi connectivity index (χ1v) is 7.59. The van der Waals surface area contributed by atoms with Gasteiger partial charge < -0.3 is 15.2 Å². The normalized spacial score (nSPS) is 21.1. The van der Waals surface area contributed by atoms with Gasteiger partial charge in [0, 0.05) is 10.4 Å². The molecule has 6 heteroatoms. The van der Waals surface area contributed by atoms with Crippen molar-refractivity contribution >= 4 is 33.5 Å². The highest BCUT2D eigenvalue weighted by Gasteiger charge is 2.34. The predicted molar refractivity (Wildman–Crippen MR) is 82.5 cm³/mol. The molecule has 5 nitrogen and oxygen atoms in total. The van der Waals surface area contributed by atoms with Gasteiger partial charge in [0.2, 0.25) is 5.91 Å². The second-order valence-electron chi connectivity index (χ2n) is 5.33. The molecule has 0 aliphatic heterocycles. The summed E-state index contributed by atoms with van der Waals surface area (Å²) >= 11 is 3.39. The standard InChI is InChI=1S/C15H18BrNO4/c1-8-5-11(16)7-12(21-2)13(8)17-14(18)9-3-4-10(6-9)15(19)20/h5,7,9-10H,3-4,6H2,1-2H3,(H,17,18)(H,19,20). The maximum Gasteiger partial charge on any atom is 0.306 e. The minimum absolute atomic E-state index is 0.137. The number of carbonyl (C=O) groups excluding carboxylic acids is 1. The largest absolute Gasteiger partial charge is 0.495 e. The lowest BCUT2D eigenvalue weighted by atomic mass is 10.0. The highest BCUT2D eigenvalue weighted by Crippen LogP contribution is 2.35. The number of halogens is 1. The Bertz CT molecular complexity index is 573. The predicted octanol–water partition coefficient (Wildman–Crippen LogP) is 3.21. The average Bonchev–Trinajstić information content (AvgIpc) is 2.91. The van der Waals surface area contributed by atoms with Crippen LogP contribution in [0.4, 0.5) is 5.69 Å². The molecule has 0 saturated heterocycles. The van der Waals surface area contributed by atoms with Gasteiger partial charge in [-0.3, -0.25) is 9.59 Å². The summed E-state index contributed by atoms with van der Waals surface area (Å²) in [5.41, 5.74) is 1.53. The fraction of sp³-hybridized carbons (Fsp3) is 0.467. The smallest absolute Gasteiger partial charge is 0.306 e. The van der Waals surface area contributed by atoms with Crippen molar-refractivity contribution in [2.24, 2.45) is 11.8 Å². The van der Waals surface area contributed by atoms with Crippen LogP contribution in [0.2, 0.25) is 0 Å². The molecule has 2 N–H and O–H groups in total. The summed E-state index contributed by atoms with van der Waals surface area (Å²) in [6.07, 6.45) is 1.57. The molecule has 1 aliphatic carbocycles. The average molecular weight is 356 g/mol. The van der Waals surface area contributed by atoms with Gasteiger partial charge in [0.15, 0.2) is 0 Å². The SMILES string of the molecule is COc1cc(Br)cc(C)c1NC(=O)C1CCC(C(=O)O)C1. The van der Waals surface area contributed by atoms with Crippen molar-refractivity contribution in [3.63, 3.8) is 0 Å². The van der Waals surface area contributed by atoms with Gasteiger partial charge in [0.1, 0.15) is 5.75 Å². The lowest BCUT2D eigenvalue weighted by molar-refractivity contribution is -0.141. The Labute approximate surface area is 131 Å². The first-order valence-electron chi connectivity index (χ1n) is 6.80. The number of rotatable bonds is 4. The van der Waals surface area contributed by atoms with Gasteiger partial charge in [0.25, 0.3) is 0 Å². The van der Waals surface area contributed by atoms with Gasteiger partial charge in [-0.15, -0.1) is 0 Å². The van der Waals surface area contributed by atoms with Crippen molar-refractivity contribution < 1.29 is 19.4 Å². The third-order valence-corrected chi connectivity index (χ3v) is 4.34. The zero-order valence-corrected chi connectivity index (χ0v) is 13.6. The Balaban J connectivity index is 2.12. The van der Waals surface area contributed by atoms with Gasteiger partial charge >= 0.3 is 5.97 Å². The monoisotopic (exact) mass is 355 g/mol. The summed E-state index contributed by atoms with van der Waals surface area (Å²) in [6, 6.07) is 3.68. The fourth-order valence-corrected chi connectivity index (χ4v) is 3.25. The lowest BCUT2D eigenvalue weighted by Gasteiger charge is -2.16. The number of carbonyl (C=O) groups is 2. The first-order chi connectivity index (χ1) is 9.92. The molecule has 1 aromatic rings. The van der Waals surface area contributed by atoms with Crippen molar-refractivity contribution in [3.8, 4) is 5.75 Å². The molecular formula is C15H18BrNO4. The van der Waals surface area contributed by atoms with Gasteiger partial charge in [-0.2, -0.15) is 0 Å². The number of aryl methyl sites for hydroxylation is 1. The van der Waals surface area contributed by atoms with E-state index in [-0.39, 0.29) is 11.8 Å². The van der Waals surface area contributed by atoms with E-state index in [4.69, 9.17) is 9.84 Å². The second-order valence-corrected chi connectivity index (χ2v) is 6.25. The number of methoxy groups -OCH3 is 1. The fourth-order valence-electron chi connectivity index (χ4n) is 2.70. The molecule has 0 radical (unpaired) electrons. The van der Waals surface area contributed by atoms with Gasteiger partial charge in [-0.1, -0.05) is 15.9 Å². The molecule has 2 unspecified atom stereocenters. The maximum absolute atomic E-state index is 12.3. The Hall–Kier alpha value is -1.56. The van der Waals surface area contributed by atoms with E-state index in [2.05, 4.69) is 21.2 Å². The summed E-state index contributed by atoms with van der Waals surface area (Å²) in [5, 5.41) is 11.9. The summed E-state index contributed by atoms with van der Waals surface area (Å²) < 4.78 is 6.17. The number of carboxylic acids is 1. The van der Waals surface area contributed by atoms with Crippen LogP contribution >= 0.6 is 15.9 Å². The quantitative estimate of drug-likeness (QED) is 0.869. The van der Waals surface area contributed by atoms with Crippen LogP contribution in [0.3, 0.4) is 0 Å². The minimum Gasteiger partial charge on any atom is -0.495 e. The van der Waals surface area contributed by atoms with E-state index >= 15 is 0 Å². The zero-order valence-electron chi connectivity index (χ0n) is 12.0. The number of hydrogen-bond acceptors (Lipinski definition) is 3. The van der Waals surface area contributed by atoms with Crippen LogP contribution in [0.15, 0.2) is 16.6 Å². The molecule has 2 atom stereocenters. The molecule has 0 bridgehead atoms. The molecule has 1 amide bonds. The highest BCUT2D eigenvalue weighted by molar-refractivity contribution is 9.10. The summed E-state index contributed by atoms with van der Waals surface area (Å²) in [4.78, 5) is 23.3. The topological polar surface area (TPSA) is 75.6 Å². The van der Waals surface area contributed by atoms with Gasteiger partial charge in [-0.05, 0) is 43.9 Å². The molecule has 0 aromatic heterocycles. The van der Waals surface area contributed by atoms with E-state index in [0.29, 0.717) is 30.7 Å². The number of anilines is 1. The van der Waals surface area contributed by atoms with Crippen LogP contribution in [0.25, 0.3) is 0 Å². The van der Waals surface area contributed by atoms with E-state index in [1.54, 1.807) is 13.2 Å². The highest BCUT2D eigenvalue weighted by atomic mass is 79.9. The molecule has 1 saturated carbocycles. The Morgan fingerprint density at radius 1 is 1.33 bits per heavy atom. The summed E-state index contributed by atoms with van der Waals surface area (Å²) in [7, 11) is 1.55. The van der Waals surface area contributed by atoms with Crippen LogP contribution in [-0.2, 0) is 9.59 Å². The van der Waals surface area contributed by atoms with Crippen molar-refractivity contribution in [1.29, 1.82) is 0 Å². The molecule has 1 aromatic carbocycles. The number of carboxylic acid groups (broad SMARTS) is 1. The maximum atomic E-state index is 12.3. The third kappa shape index (κ3) is 3.56. The molecule has 1 aliphatic rings. The van der Waals surface area contributed by atoms with Gasteiger partial charge in [0.05, 0.1) is 18.7 Å². The Morgan fingerprint density at radius 3 is 2.57 bits per heavy atom. The van der Waals surface area contributed by atoms with Crippen molar-refractivity contribution in [1.82, 2.24) is 0 Å². The molecule has 21 heavy (non-hydrogen) atoms. The number of hydrogen-bond donors (Lipinski definition) is 2. The van der Waals surface area contributed by atoms with E-state index in [9.17, 15) is 9.59 Å². The van der Waals surface area contributed by atoms with Crippen molar-refractivity contribution in [2.45, 2.75) is 26.2 Å². The second kappa shape index (κ2) is 6.47. The molecule has 1 fully saturated rings. The van der Waals surface area contributed by atoms with E-state index in [1.807, 2.05) is 13.0 Å². The molecule has 114 valence electrons. The summed E-state index contributed by atoms with van der Waals surface area (Å²) in [5.74, 6) is -1.03. The number of nitrogens with one attached hydrogen (secondary N) is 1. The van der Waals surface area contributed by atoms with Crippen LogP contribution in [0.1, 0.15) is 24.8 Å². The van der Waals surface area contributed by atoms with E-state index in [0.717, 1.165) is 10.0 Å². The minimum atomic E-state index is -0.817.